The molecule has 1 unspecified atom stereocenters. The van der Waals surface area contributed by atoms with Crippen molar-refractivity contribution in [3.63, 3.8) is 0 Å². The van der Waals surface area contributed by atoms with E-state index in [0.29, 0.717) is 0 Å². The molecule has 0 amide bonds. The Hall–Kier alpha value is -0.970. The number of nitrogens with two attached hydrogens (primary N) is 1. The van der Waals surface area contributed by atoms with Crippen LogP contribution in [0.4, 0.5) is 0 Å². The number of hydrazine groups is 1. The van der Waals surface area contributed by atoms with Gasteiger partial charge >= 0.3 is 0 Å². The van der Waals surface area contributed by atoms with E-state index < -0.39 is 0 Å². The van der Waals surface area contributed by atoms with Crippen molar-refractivity contribution in [2.75, 3.05) is 12.4 Å². The molecule has 92 valence electrons. The fourth-order valence-electron chi connectivity index (χ4n) is 1.80. The minimum Gasteiger partial charge on any atom is -0.501 e. The standard InChI is InChI=1S/C13H18N2OS/c14-15-13(11-5-4-8-16-9-11)10-17-12-6-2-1-3-7-12/h1-3,6-7,9,13,15H,4-5,8,10,14H2. The van der Waals surface area contributed by atoms with E-state index in [1.165, 1.54) is 10.5 Å². The van der Waals surface area contributed by atoms with Crippen molar-refractivity contribution in [1.82, 2.24) is 5.43 Å². The highest BCUT2D eigenvalue weighted by atomic mass is 32.2. The molecule has 1 heterocycles. The van der Waals surface area contributed by atoms with E-state index in [0.717, 1.165) is 25.2 Å². The van der Waals surface area contributed by atoms with Gasteiger partial charge < -0.3 is 4.74 Å². The predicted octanol–water partition coefficient (Wildman–Crippen LogP) is 2.30. The Kier molecular flexibility index (Phi) is 4.91. The van der Waals surface area contributed by atoms with Gasteiger partial charge in [-0.2, -0.15) is 0 Å². The summed E-state index contributed by atoms with van der Waals surface area (Å²) >= 11 is 1.81. The van der Waals surface area contributed by atoms with Gasteiger partial charge in [-0.1, -0.05) is 18.2 Å². The summed E-state index contributed by atoms with van der Waals surface area (Å²) in [4.78, 5) is 1.27. The number of hydrogen-bond acceptors (Lipinski definition) is 4. The van der Waals surface area contributed by atoms with Crippen LogP contribution in [0.5, 0.6) is 0 Å². The molecule has 0 spiro atoms. The van der Waals surface area contributed by atoms with Crippen LogP contribution in [0.1, 0.15) is 12.8 Å². The van der Waals surface area contributed by atoms with E-state index in [-0.39, 0.29) is 6.04 Å². The largest absolute Gasteiger partial charge is 0.501 e. The van der Waals surface area contributed by atoms with Crippen molar-refractivity contribution in [3.05, 3.63) is 42.2 Å². The molecule has 1 aromatic carbocycles. The summed E-state index contributed by atoms with van der Waals surface area (Å²) in [5.41, 5.74) is 4.14. The maximum atomic E-state index is 5.61. The summed E-state index contributed by atoms with van der Waals surface area (Å²) < 4.78 is 5.35. The van der Waals surface area contributed by atoms with E-state index in [9.17, 15) is 0 Å². The van der Waals surface area contributed by atoms with Gasteiger partial charge in [0.2, 0.25) is 0 Å². The number of hydrogen-bond donors (Lipinski definition) is 2. The van der Waals surface area contributed by atoms with Gasteiger partial charge in [0.1, 0.15) is 0 Å². The number of thioether (sulfide) groups is 1. The molecule has 3 N–H and O–H groups in total. The highest BCUT2D eigenvalue weighted by Crippen LogP contribution is 2.23. The molecule has 0 saturated carbocycles. The molecular formula is C13H18N2OS. The number of rotatable bonds is 5. The molecular weight excluding hydrogens is 232 g/mol. The molecule has 0 aromatic heterocycles. The van der Waals surface area contributed by atoms with E-state index in [4.69, 9.17) is 10.6 Å². The lowest BCUT2D eigenvalue weighted by Crippen LogP contribution is -2.39. The third-order valence-electron chi connectivity index (χ3n) is 2.77. The van der Waals surface area contributed by atoms with Crippen LogP contribution in [-0.2, 0) is 4.74 Å². The molecule has 17 heavy (non-hydrogen) atoms. The molecule has 1 aliphatic rings. The van der Waals surface area contributed by atoms with Gasteiger partial charge in [0.05, 0.1) is 18.9 Å². The van der Waals surface area contributed by atoms with Crippen molar-refractivity contribution in [2.24, 2.45) is 5.84 Å². The maximum absolute atomic E-state index is 5.61. The summed E-state index contributed by atoms with van der Waals surface area (Å²) in [6.45, 7) is 0.826. The topological polar surface area (TPSA) is 47.3 Å². The van der Waals surface area contributed by atoms with Crippen LogP contribution in [0, 0.1) is 0 Å². The van der Waals surface area contributed by atoms with Gasteiger partial charge in [0.25, 0.3) is 0 Å². The SMILES string of the molecule is NNC(CSc1ccccc1)C1=COCCC1. The quantitative estimate of drug-likeness (QED) is 0.478. The van der Waals surface area contributed by atoms with Crippen LogP contribution < -0.4 is 11.3 Å². The fourth-order valence-corrected chi connectivity index (χ4v) is 2.82. The van der Waals surface area contributed by atoms with Crippen LogP contribution in [0.25, 0.3) is 0 Å². The van der Waals surface area contributed by atoms with Gasteiger partial charge in [-0.15, -0.1) is 11.8 Å². The van der Waals surface area contributed by atoms with Gasteiger partial charge in [-0.25, -0.2) is 0 Å². The summed E-state index contributed by atoms with van der Waals surface area (Å²) in [6.07, 6.45) is 4.02. The monoisotopic (exact) mass is 250 g/mol. The van der Waals surface area contributed by atoms with Crippen LogP contribution in [0.15, 0.2) is 47.1 Å². The molecule has 1 aliphatic heterocycles. The van der Waals surface area contributed by atoms with Gasteiger partial charge in [0.15, 0.2) is 0 Å². The normalized spacial score (nSPS) is 17.1. The highest BCUT2D eigenvalue weighted by Gasteiger charge is 2.15. The summed E-state index contributed by atoms with van der Waals surface area (Å²) in [5.74, 6) is 6.53. The number of benzene rings is 1. The zero-order valence-corrected chi connectivity index (χ0v) is 10.6. The molecule has 4 heteroatoms. The van der Waals surface area contributed by atoms with Crippen molar-refractivity contribution < 1.29 is 4.74 Å². The Morgan fingerprint density at radius 1 is 1.35 bits per heavy atom. The van der Waals surface area contributed by atoms with E-state index >= 15 is 0 Å². The first-order valence-corrected chi connectivity index (χ1v) is 6.83. The third kappa shape index (κ3) is 3.77. The van der Waals surface area contributed by atoms with Gasteiger partial charge in [-0.05, 0) is 30.5 Å². The van der Waals surface area contributed by atoms with Crippen LogP contribution in [-0.4, -0.2) is 18.4 Å². The first kappa shape index (κ1) is 12.5. The molecule has 0 bridgehead atoms. The minimum atomic E-state index is 0.195. The Labute approximate surface area is 106 Å². The molecule has 2 rings (SSSR count). The van der Waals surface area contributed by atoms with E-state index in [2.05, 4.69) is 29.7 Å². The molecule has 0 fully saturated rings. The third-order valence-corrected chi connectivity index (χ3v) is 3.88. The number of nitrogens with one attached hydrogen (secondary N) is 1. The molecule has 0 aliphatic carbocycles. The first-order chi connectivity index (χ1) is 8.40. The van der Waals surface area contributed by atoms with Crippen molar-refractivity contribution in [1.29, 1.82) is 0 Å². The Morgan fingerprint density at radius 2 is 2.18 bits per heavy atom. The summed E-state index contributed by atoms with van der Waals surface area (Å²) in [6, 6.07) is 10.6. The fraction of sp³-hybridized carbons (Fsp3) is 0.385. The van der Waals surface area contributed by atoms with Crippen LogP contribution >= 0.6 is 11.8 Å². The van der Waals surface area contributed by atoms with E-state index in [1.54, 1.807) is 0 Å². The highest BCUT2D eigenvalue weighted by molar-refractivity contribution is 7.99. The molecule has 3 nitrogen and oxygen atoms in total. The van der Waals surface area contributed by atoms with Gasteiger partial charge in [-0.3, -0.25) is 11.3 Å². The van der Waals surface area contributed by atoms with Gasteiger partial charge in [0, 0.05) is 10.6 Å². The Balaban J connectivity index is 1.89. The zero-order valence-electron chi connectivity index (χ0n) is 9.76. The molecule has 1 atom stereocenters. The lowest BCUT2D eigenvalue weighted by atomic mass is 10.0. The van der Waals surface area contributed by atoms with Crippen LogP contribution in [0.3, 0.4) is 0 Å². The lowest BCUT2D eigenvalue weighted by molar-refractivity contribution is 0.220. The van der Waals surface area contributed by atoms with Crippen molar-refractivity contribution >= 4 is 11.8 Å². The molecule has 1 aromatic rings. The van der Waals surface area contributed by atoms with Crippen LogP contribution in [0.2, 0.25) is 0 Å². The Morgan fingerprint density at radius 3 is 2.82 bits per heavy atom. The average Bonchev–Trinajstić information content (AvgIpc) is 2.42. The van der Waals surface area contributed by atoms with Crippen molar-refractivity contribution in [2.45, 2.75) is 23.8 Å². The molecule has 0 radical (unpaired) electrons. The predicted molar refractivity (Wildman–Crippen MR) is 71.5 cm³/mol. The van der Waals surface area contributed by atoms with Crippen molar-refractivity contribution in [3.8, 4) is 0 Å². The second kappa shape index (κ2) is 6.69. The first-order valence-electron chi connectivity index (χ1n) is 5.84. The van der Waals surface area contributed by atoms with E-state index in [1.807, 2.05) is 24.1 Å². The zero-order chi connectivity index (χ0) is 11.9. The maximum Gasteiger partial charge on any atom is 0.0876 e. The lowest BCUT2D eigenvalue weighted by Gasteiger charge is -2.22. The second-order valence-corrected chi connectivity index (χ2v) is 5.10. The summed E-state index contributed by atoms with van der Waals surface area (Å²) in [7, 11) is 0. The summed E-state index contributed by atoms with van der Waals surface area (Å²) in [5, 5.41) is 0. The Bertz CT molecular complexity index is 367. The smallest absolute Gasteiger partial charge is 0.0876 e. The number of ether oxygens (including phenoxy) is 1. The average molecular weight is 250 g/mol. The minimum absolute atomic E-state index is 0.195. The second-order valence-electron chi connectivity index (χ2n) is 4.01. The molecule has 0 saturated heterocycles.